The van der Waals surface area contributed by atoms with E-state index in [0.717, 1.165) is 11.4 Å². The van der Waals surface area contributed by atoms with E-state index in [4.69, 9.17) is 5.73 Å². The molecule has 3 rings (SSSR count). The summed E-state index contributed by atoms with van der Waals surface area (Å²) in [6.45, 7) is 2.07. The van der Waals surface area contributed by atoms with Gasteiger partial charge in [0, 0.05) is 0 Å². The Morgan fingerprint density at radius 3 is 2.84 bits per heavy atom. The maximum absolute atomic E-state index is 6.10. The monoisotopic (exact) mass is 252 g/mol. The van der Waals surface area contributed by atoms with Crippen LogP contribution in [-0.4, -0.2) is 0 Å². The van der Waals surface area contributed by atoms with Crippen LogP contribution in [0, 0.1) is 6.92 Å². The van der Waals surface area contributed by atoms with Crippen LogP contribution in [0.2, 0.25) is 0 Å². The van der Waals surface area contributed by atoms with Crippen LogP contribution in [0.4, 0.5) is 11.4 Å². The van der Waals surface area contributed by atoms with Crippen LogP contribution in [0.25, 0.3) is 0 Å². The highest BCUT2D eigenvalue weighted by molar-refractivity contribution is 5.67. The van der Waals surface area contributed by atoms with Crippen molar-refractivity contribution in [2.45, 2.75) is 32.2 Å². The van der Waals surface area contributed by atoms with Gasteiger partial charge in [0.05, 0.1) is 17.4 Å². The van der Waals surface area contributed by atoms with Crippen LogP contribution >= 0.6 is 0 Å². The molecule has 2 nitrogen and oxygen atoms in total. The first-order valence-electron chi connectivity index (χ1n) is 6.94. The molecule has 0 saturated carbocycles. The molecule has 0 spiro atoms. The second-order valence-corrected chi connectivity index (χ2v) is 5.38. The van der Waals surface area contributed by atoms with Gasteiger partial charge in [-0.2, -0.15) is 0 Å². The summed E-state index contributed by atoms with van der Waals surface area (Å²) < 4.78 is 0. The first-order valence-corrected chi connectivity index (χ1v) is 6.94. The van der Waals surface area contributed by atoms with Gasteiger partial charge in [0.1, 0.15) is 0 Å². The molecule has 1 aliphatic carbocycles. The van der Waals surface area contributed by atoms with E-state index in [0.29, 0.717) is 6.04 Å². The standard InChI is InChI=1S/C17H20N2/c1-12-9-10-17(15(18)11-12)19-16-8-4-6-13-5-2-3-7-14(13)16/h2-3,5,7,9-11,16,19H,4,6,8,18H2,1H3. The number of nitrogens with one attached hydrogen (secondary N) is 1. The van der Waals surface area contributed by atoms with Crippen LogP contribution in [0.1, 0.15) is 35.6 Å². The van der Waals surface area contributed by atoms with Crippen molar-refractivity contribution in [2.75, 3.05) is 11.1 Å². The van der Waals surface area contributed by atoms with Gasteiger partial charge < -0.3 is 11.1 Å². The number of benzene rings is 2. The predicted octanol–water partition coefficient (Wildman–Crippen LogP) is 4.07. The zero-order valence-electron chi connectivity index (χ0n) is 11.3. The molecule has 1 aliphatic rings. The van der Waals surface area contributed by atoms with E-state index in [2.05, 4.69) is 48.6 Å². The average Bonchev–Trinajstić information content (AvgIpc) is 2.42. The van der Waals surface area contributed by atoms with Gasteiger partial charge in [-0.05, 0) is 55.0 Å². The Morgan fingerprint density at radius 1 is 1.16 bits per heavy atom. The van der Waals surface area contributed by atoms with Crippen molar-refractivity contribution in [2.24, 2.45) is 0 Å². The maximum Gasteiger partial charge on any atom is 0.0578 e. The summed E-state index contributed by atoms with van der Waals surface area (Å²) in [5.41, 5.74) is 12.1. The van der Waals surface area contributed by atoms with Gasteiger partial charge in [-0.15, -0.1) is 0 Å². The SMILES string of the molecule is Cc1ccc(NC2CCCc3ccccc32)c(N)c1. The molecular formula is C17H20N2. The molecule has 19 heavy (non-hydrogen) atoms. The number of nitrogens with two attached hydrogens (primary N) is 1. The van der Waals surface area contributed by atoms with Crippen molar-refractivity contribution in [3.8, 4) is 0 Å². The van der Waals surface area contributed by atoms with Crippen molar-refractivity contribution in [1.82, 2.24) is 0 Å². The highest BCUT2D eigenvalue weighted by Gasteiger charge is 2.19. The van der Waals surface area contributed by atoms with Gasteiger partial charge >= 0.3 is 0 Å². The molecule has 3 N–H and O–H groups in total. The third-order valence-electron chi connectivity index (χ3n) is 3.91. The summed E-state index contributed by atoms with van der Waals surface area (Å²) >= 11 is 0. The van der Waals surface area contributed by atoms with E-state index in [1.807, 2.05) is 6.07 Å². The number of fused-ring (bicyclic) bond motifs is 1. The van der Waals surface area contributed by atoms with Crippen molar-refractivity contribution >= 4 is 11.4 Å². The molecule has 0 aromatic heterocycles. The minimum Gasteiger partial charge on any atom is -0.397 e. The van der Waals surface area contributed by atoms with E-state index in [9.17, 15) is 0 Å². The molecule has 0 aliphatic heterocycles. The smallest absolute Gasteiger partial charge is 0.0578 e. The van der Waals surface area contributed by atoms with E-state index in [-0.39, 0.29) is 0 Å². The molecule has 0 bridgehead atoms. The summed E-state index contributed by atoms with van der Waals surface area (Å²) in [6.07, 6.45) is 3.60. The lowest BCUT2D eigenvalue weighted by Crippen LogP contribution is -2.17. The van der Waals surface area contributed by atoms with Crippen molar-refractivity contribution in [1.29, 1.82) is 0 Å². The topological polar surface area (TPSA) is 38.0 Å². The Bertz CT molecular complexity index is 590. The molecule has 0 radical (unpaired) electrons. The van der Waals surface area contributed by atoms with Crippen LogP contribution in [-0.2, 0) is 6.42 Å². The number of rotatable bonds is 2. The molecule has 0 saturated heterocycles. The van der Waals surface area contributed by atoms with E-state index in [1.54, 1.807) is 0 Å². The molecule has 0 fully saturated rings. The summed E-state index contributed by atoms with van der Waals surface area (Å²) in [4.78, 5) is 0. The second-order valence-electron chi connectivity index (χ2n) is 5.38. The fourth-order valence-electron chi connectivity index (χ4n) is 2.91. The Labute approximate surface area is 114 Å². The predicted molar refractivity (Wildman–Crippen MR) is 81.3 cm³/mol. The quantitative estimate of drug-likeness (QED) is 0.791. The fourth-order valence-corrected chi connectivity index (χ4v) is 2.91. The number of hydrogen-bond acceptors (Lipinski definition) is 2. The second kappa shape index (κ2) is 4.96. The zero-order valence-corrected chi connectivity index (χ0v) is 11.3. The summed E-state index contributed by atoms with van der Waals surface area (Å²) in [7, 11) is 0. The number of hydrogen-bond donors (Lipinski definition) is 2. The van der Waals surface area contributed by atoms with Crippen LogP contribution in [0.5, 0.6) is 0 Å². The Morgan fingerprint density at radius 2 is 2.00 bits per heavy atom. The van der Waals surface area contributed by atoms with Crippen molar-refractivity contribution in [3.63, 3.8) is 0 Å². The van der Waals surface area contributed by atoms with E-state index in [1.165, 1.54) is 36.0 Å². The lowest BCUT2D eigenvalue weighted by Gasteiger charge is -2.27. The molecule has 98 valence electrons. The third-order valence-corrected chi connectivity index (χ3v) is 3.91. The van der Waals surface area contributed by atoms with E-state index >= 15 is 0 Å². The summed E-state index contributed by atoms with van der Waals surface area (Å²) in [6, 6.07) is 15.3. The lowest BCUT2D eigenvalue weighted by atomic mass is 9.87. The van der Waals surface area contributed by atoms with Gasteiger partial charge in [-0.25, -0.2) is 0 Å². The molecule has 2 aromatic carbocycles. The van der Waals surface area contributed by atoms with Gasteiger partial charge in [0.25, 0.3) is 0 Å². The minimum absolute atomic E-state index is 0.384. The third kappa shape index (κ3) is 2.43. The zero-order chi connectivity index (χ0) is 13.2. The summed E-state index contributed by atoms with van der Waals surface area (Å²) in [5.74, 6) is 0. The minimum atomic E-state index is 0.384. The molecule has 1 atom stereocenters. The molecule has 0 heterocycles. The summed E-state index contributed by atoms with van der Waals surface area (Å²) in [5, 5.41) is 3.61. The average molecular weight is 252 g/mol. The highest BCUT2D eigenvalue weighted by atomic mass is 14.9. The normalized spacial score (nSPS) is 17.8. The van der Waals surface area contributed by atoms with Gasteiger partial charge in [-0.1, -0.05) is 30.3 Å². The van der Waals surface area contributed by atoms with Crippen LogP contribution in [0.15, 0.2) is 42.5 Å². The van der Waals surface area contributed by atoms with Crippen molar-refractivity contribution < 1.29 is 0 Å². The lowest BCUT2D eigenvalue weighted by molar-refractivity contribution is 0.600. The fraction of sp³-hybridized carbons (Fsp3) is 0.294. The van der Waals surface area contributed by atoms with Gasteiger partial charge in [0.2, 0.25) is 0 Å². The first-order chi connectivity index (χ1) is 9.24. The van der Waals surface area contributed by atoms with Gasteiger partial charge in [0.15, 0.2) is 0 Å². The van der Waals surface area contributed by atoms with Gasteiger partial charge in [-0.3, -0.25) is 0 Å². The van der Waals surface area contributed by atoms with Crippen LogP contribution < -0.4 is 11.1 Å². The largest absolute Gasteiger partial charge is 0.397 e. The number of anilines is 2. The maximum atomic E-state index is 6.10. The first kappa shape index (κ1) is 12.1. The molecular weight excluding hydrogens is 232 g/mol. The van der Waals surface area contributed by atoms with E-state index < -0.39 is 0 Å². The number of aryl methyl sites for hydroxylation is 2. The molecule has 2 aromatic rings. The molecule has 1 unspecified atom stereocenters. The Balaban J connectivity index is 1.88. The Hall–Kier alpha value is -1.96. The molecule has 0 amide bonds. The van der Waals surface area contributed by atoms with Crippen molar-refractivity contribution in [3.05, 3.63) is 59.2 Å². The Kier molecular flexibility index (Phi) is 3.16. The van der Waals surface area contributed by atoms with Crippen LogP contribution in [0.3, 0.4) is 0 Å². The molecule has 2 heteroatoms. The number of nitrogen functional groups attached to an aromatic ring is 1. The highest BCUT2D eigenvalue weighted by Crippen LogP contribution is 2.33.